The predicted octanol–water partition coefficient (Wildman–Crippen LogP) is 4.02. The summed E-state index contributed by atoms with van der Waals surface area (Å²) in [4.78, 5) is 4.31. The van der Waals surface area contributed by atoms with Crippen LogP contribution in [0.2, 0.25) is 0 Å². The second-order valence-electron chi connectivity index (χ2n) is 5.61. The van der Waals surface area contributed by atoms with Gasteiger partial charge in [-0.05, 0) is 31.9 Å². The summed E-state index contributed by atoms with van der Waals surface area (Å²) in [5.41, 5.74) is 0.946. The highest BCUT2D eigenvalue weighted by Crippen LogP contribution is 2.46. The predicted molar refractivity (Wildman–Crippen MR) is 81.4 cm³/mol. The Balaban J connectivity index is 1.55. The molecular formula is C15H17N3O2S. The van der Waals surface area contributed by atoms with Crippen molar-refractivity contribution in [3.63, 3.8) is 0 Å². The molecule has 0 radical (unpaired) electrons. The molecule has 2 aromatic rings. The molecule has 110 valence electrons. The minimum Gasteiger partial charge on any atom is -0.448 e. The van der Waals surface area contributed by atoms with Crippen molar-refractivity contribution in [1.82, 2.24) is 9.36 Å². The van der Waals surface area contributed by atoms with Crippen molar-refractivity contribution in [2.24, 2.45) is 0 Å². The quantitative estimate of drug-likeness (QED) is 0.908. The van der Waals surface area contributed by atoms with Gasteiger partial charge in [0.1, 0.15) is 5.82 Å². The van der Waals surface area contributed by atoms with Crippen LogP contribution in [0, 0.1) is 6.92 Å². The van der Waals surface area contributed by atoms with Crippen molar-refractivity contribution >= 4 is 22.4 Å². The fraction of sp³-hybridized carbons (Fsp3) is 0.467. The number of aryl methyl sites for hydroxylation is 1. The molecule has 1 N–H and O–H groups in total. The molecular weight excluding hydrogens is 286 g/mol. The summed E-state index contributed by atoms with van der Waals surface area (Å²) in [5, 5.41) is 4.05. The molecule has 6 heteroatoms. The van der Waals surface area contributed by atoms with Gasteiger partial charge in [-0.25, -0.2) is 4.98 Å². The molecule has 2 aliphatic rings. The van der Waals surface area contributed by atoms with Gasteiger partial charge in [-0.15, -0.1) is 0 Å². The van der Waals surface area contributed by atoms with E-state index in [1.807, 2.05) is 25.1 Å². The first-order valence-electron chi connectivity index (χ1n) is 7.32. The van der Waals surface area contributed by atoms with E-state index in [0.29, 0.717) is 0 Å². The fourth-order valence-electron chi connectivity index (χ4n) is 2.94. The number of hydrogen-bond acceptors (Lipinski definition) is 6. The number of nitrogens with one attached hydrogen (secondary N) is 1. The van der Waals surface area contributed by atoms with Crippen LogP contribution in [-0.2, 0) is 0 Å². The molecule has 0 saturated heterocycles. The number of ether oxygens (including phenoxy) is 2. The van der Waals surface area contributed by atoms with Gasteiger partial charge in [-0.3, -0.25) is 0 Å². The van der Waals surface area contributed by atoms with E-state index in [-0.39, 0.29) is 0 Å². The fourth-order valence-corrected chi connectivity index (χ4v) is 3.53. The molecule has 1 aliphatic heterocycles. The van der Waals surface area contributed by atoms with E-state index in [0.717, 1.165) is 41.0 Å². The number of fused-ring (bicyclic) bond motifs is 1. The van der Waals surface area contributed by atoms with Crippen molar-refractivity contribution in [1.29, 1.82) is 0 Å². The Bertz CT molecular complexity index is 665. The van der Waals surface area contributed by atoms with Crippen LogP contribution in [0.3, 0.4) is 0 Å². The average Bonchev–Trinajstić information content (AvgIpc) is 3.03. The van der Waals surface area contributed by atoms with Gasteiger partial charge in [0.05, 0.1) is 0 Å². The molecule has 0 amide bonds. The van der Waals surface area contributed by atoms with E-state index in [4.69, 9.17) is 9.47 Å². The van der Waals surface area contributed by atoms with Crippen molar-refractivity contribution < 1.29 is 9.47 Å². The van der Waals surface area contributed by atoms with Crippen LogP contribution in [0.1, 0.15) is 37.9 Å². The third-order valence-electron chi connectivity index (χ3n) is 3.93. The van der Waals surface area contributed by atoms with E-state index in [2.05, 4.69) is 14.7 Å². The van der Waals surface area contributed by atoms with Crippen LogP contribution in [0.4, 0.5) is 10.8 Å². The summed E-state index contributed by atoms with van der Waals surface area (Å²) < 4.78 is 16.4. The van der Waals surface area contributed by atoms with E-state index < -0.39 is 5.79 Å². The molecule has 1 aromatic heterocycles. The molecule has 1 spiro atoms. The molecule has 4 rings (SSSR count). The first kappa shape index (κ1) is 12.9. The molecule has 0 unspecified atom stereocenters. The number of benzene rings is 1. The van der Waals surface area contributed by atoms with E-state index in [1.165, 1.54) is 30.8 Å². The highest BCUT2D eigenvalue weighted by Gasteiger charge is 2.42. The van der Waals surface area contributed by atoms with Crippen LogP contribution in [0.5, 0.6) is 11.5 Å². The summed E-state index contributed by atoms with van der Waals surface area (Å²) >= 11 is 1.35. The van der Waals surface area contributed by atoms with E-state index in [1.54, 1.807) is 0 Å². The number of hydrogen-bond donors (Lipinski definition) is 1. The highest BCUT2D eigenvalue weighted by atomic mass is 32.1. The lowest BCUT2D eigenvalue weighted by atomic mass is 9.94. The zero-order valence-corrected chi connectivity index (χ0v) is 12.7. The largest absolute Gasteiger partial charge is 0.448 e. The highest BCUT2D eigenvalue weighted by molar-refractivity contribution is 7.09. The Morgan fingerprint density at radius 2 is 1.95 bits per heavy atom. The Labute approximate surface area is 127 Å². The van der Waals surface area contributed by atoms with Crippen LogP contribution in [0.15, 0.2) is 18.2 Å². The average molecular weight is 303 g/mol. The standard InChI is InChI=1S/C15H17N3O2S/c1-10-16-14(21-18-10)17-11-5-6-12-13(9-11)20-15(19-12)7-3-2-4-8-15/h5-6,9H,2-4,7-8H2,1H3,(H,16,17,18). The maximum atomic E-state index is 6.12. The third-order valence-corrected chi connectivity index (χ3v) is 4.65. The Hall–Kier alpha value is -1.82. The van der Waals surface area contributed by atoms with Gasteiger partial charge in [-0.1, -0.05) is 6.42 Å². The van der Waals surface area contributed by atoms with Crippen molar-refractivity contribution in [3.05, 3.63) is 24.0 Å². The molecule has 2 heterocycles. The zero-order valence-electron chi connectivity index (χ0n) is 11.9. The van der Waals surface area contributed by atoms with Gasteiger partial charge in [0, 0.05) is 36.1 Å². The molecule has 1 fully saturated rings. The second-order valence-corrected chi connectivity index (χ2v) is 6.36. The SMILES string of the molecule is Cc1nsc(Nc2ccc3c(c2)OC2(CCCCC2)O3)n1. The first-order chi connectivity index (χ1) is 10.2. The normalized spacial score (nSPS) is 18.9. The van der Waals surface area contributed by atoms with Gasteiger partial charge in [0.2, 0.25) is 5.13 Å². The summed E-state index contributed by atoms with van der Waals surface area (Å²) in [7, 11) is 0. The van der Waals surface area contributed by atoms with Crippen molar-refractivity contribution in [2.45, 2.75) is 44.8 Å². The van der Waals surface area contributed by atoms with Crippen LogP contribution in [-0.4, -0.2) is 15.1 Å². The summed E-state index contributed by atoms with van der Waals surface area (Å²) in [6.07, 6.45) is 5.56. The minimum atomic E-state index is -0.418. The number of aromatic nitrogens is 2. The number of rotatable bonds is 2. The molecule has 0 atom stereocenters. The van der Waals surface area contributed by atoms with Crippen molar-refractivity contribution in [3.8, 4) is 11.5 Å². The maximum Gasteiger partial charge on any atom is 0.251 e. The number of anilines is 2. The van der Waals surface area contributed by atoms with Gasteiger partial charge in [0.15, 0.2) is 11.5 Å². The van der Waals surface area contributed by atoms with Crippen LogP contribution < -0.4 is 14.8 Å². The lowest BCUT2D eigenvalue weighted by molar-refractivity contribution is -0.105. The van der Waals surface area contributed by atoms with E-state index >= 15 is 0 Å². The topological polar surface area (TPSA) is 56.3 Å². The van der Waals surface area contributed by atoms with Crippen LogP contribution >= 0.6 is 11.5 Å². The molecule has 21 heavy (non-hydrogen) atoms. The first-order valence-corrected chi connectivity index (χ1v) is 8.09. The van der Waals surface area contributed by atoms with E-state index in [9.17, 15) is 0 Å². The Morgan fingerprint density at radius 1 is 1.14 bits per heavy atom. The Morgan fingerprint density at radius 3 is 2.71 bits per heavy atom. The molecule has 1 aliphatic carbocycles. The summed E-state index contributed by atoms with van der Waals surface area (Å²) in [6.45, 7) is 1.88. The van der Waals surface area contributed by atoms with Crippen LogP contribution in [0.25, 0.3) is 0 Å². The van der Waals surface area contributed by atoms with Gasteiger partial charge >= 0.3 is 0 Å². The molecule has 5 nitrogen and oxygen atoms in total. The second kappa shape index (κ2) is 4.87. The minimum absolute atomic E-state index is 0.418. The summed E-state index contributed by atoms with van der Waals surface area (Å²) in [6, 6.07) is 5.94. The molecule has 1 saturated carbocycles. The van der Waals surface area contributed by atoms with Gasteiger partial charge < -0.3 is 14.8 Å². The summed E-state index contributed by atoms with van der Waals surface area (Å²) in [5.74, 6) is 2.03. The van der Waals surface area contributed by atoms with Crippen molar-refractivity contribution in [2.75, 3.05) is 5.32 Å². The van der Waals surface area contributed by atoms with Gasteiger partial charge in [-0.2, -0.15) is 4.37 Å². The Kier molecular flexibility index (Phi) is 2.99. The lowest BCUT2D eigenvalue weighted by Gasteiger charge is -2.31. The van der Waals surface area contributed by atoms with Gasteiger partial charge in [0.25, 0.3) is 5.79 Å². The lowest BCUT2D eigenvalue weighted by Crippen LogP contribution is -2.40. The monoisotopic (exact) mass is 303 g/mol. The third kappa shape index (κ3) is 2.44. The maximum absolute atomic E-state index is 6.12. The number of nitrogens with zero attached hydrogens (tertiary/aromatic N) is 2. The smallest absolute Gasteiger partial charge is 0.251 e. The molecule has 0 bridgehead atoms. The zero-order chi connectivity index (χ0) is 14.3. The molecule has 1 aromatic carbocycles.